The maximum absolute atomic E-state index is 4.85. The van der Waals surface area contributed by atoms with Gasteiger partial charge in [0.2, 0.25) is 0 Å². The lowest BCUT2D eigenvalue weighted by molar-refractivity contribution is 0.410. The smallest absolute Gasteiger partial charge is 0.191 e. The first-order chi connectivity index (χ1) is 11.7. The molecule has 25 heavy (non-hydrogen) atoms. The Morgan fingerprint density at radius 1 is 1.20 bits per heavy atom. The monoisotopic (exact) mass is 518 g/mol. The summed E-state index contributed by atoms with van der Waals surface area (Å²) in [4.78, 5) is 4.32. The Balaban J connectivity index is 0.00000225. The second-order valence-electron chi connectivity index (χ2n) is 6.26. The van der Waals surface area contributed by atoms with Crippen LogP contribution in [0.15, 0.2) is 50.6 Å². The molecule has 136 valence electrons. The van der Waals surface area contributed by atoms with E-state index in [0.29, 0.717) is 6.54 Å². The summed E-state index contributed by atoms with van der Waals surface area (Å²) in [6.45, 7) is 1.48. The number of benzene rings is 1. The maximum atomic E-state index is 4.85. The van der Waals surface area contributed by atoms with Crippen LogP contribution in [0.3, 0.4) is 0 Å². The molecule has 2 N–H and O–H groups in total. The van der Waals surface area contributed by atoms with Gasteiger partial charge in [-0.25, -0.2) is 0 Å². The molecule has 1 saturated carbocycles. The van der Waals surface area contributed by atoms with E-state index in [0.717, 1.165) is 22.7 Å². The Morgan fingerprint density at radius 3 is 2.52 bits per heavy atom. The second-order valence-corrected chi connectivity index (χ2v) is 7.18. The van der Waals surface area contributed by atoms with E-state index >= 15 is 0 Å². The summed E-state index contributed by atoms with van der Waals surface area (Å²) in [5, 5.41) is 10.7. The Labute approximate surface area is 174 Å². The number of nitrogens with zero attached hydrogens (tertiary/aromatic N) is 2. The summed E-state index contributed by atoms with van der Waals surface area (Å²) in [6.07, 6.45) is 6.56. The zero-order valence-corrected chi connectivity index (χ0v) is 18.2. The molecule has 1 heterocycles. The molecule has 3 rings (SSSR count). The summed E-state index contributed by atoms with van der Waals surface area (Å²) < 4.78 is 5.97. The van der Waals surface area contributed by atoms with Crippen LogP contribution in [0.2, 0.25) is 0 Å². The van der Waals surface area contributed by atoms with Crippen molar-refractivity contribution in [2.75, 3.05) is 13.6 Å². The number of rotatable bonds is 5. The molecule has 1 aromatic heterocycles. The van der Waals surface area contributed by atoms with Gasteiger partial charge in [0.05, 0.1) is 6.54 Å². The first-order valence-corrected chi connectivity index (χ1v) is 9.11. The quantitative estimate of drug-likeness (QED) is 0.353. The van der Waals surface area contributed by atoms with Crippen LogP contribution >= 0.6 is 39.9 Å². The molecule has 0 aliphatic heterocycles. The third-order valence-corrected chi connectivity index (χ3v) is 5.29. The van der Waals surface area contributed by atoms with Gasteiger partial charge in [0, 0.05) is 29.5 Å². The highest BCUT2D eigenvalue weighted by atomic mass is 127. The fraction of sp³-hybridized carbons (Fsp3) is 0.444. The lowest BCUT2D eigenvalue weighted by Crippen LogP contribution is -2.44. The van der Waals surface area contributed by atoms with Crippen LogP contribution in [0.1, 0.15) is 36.9 Å². The summed E-state index contributed by atoms with van der Waals surface area (Å²) >= 11 is 3.53. The van der Waals surface area contributed by atoms with E-state index in [1.54, 1.807) is 13.3 Å². The van der Waals surface area contributed by atoms with Crippen LogP contribution in [0.25, 0.3) is 0 Å². The van der Waals surface area contributed by atoms with E-state index in [-0.39, 0.29) is 29.4 Å². The van der Waals surface area contributed by atoms with Gasteiger partial charge in [-0.2, -0.15) is 0 Å². The molecule has 0 amide bonds. The van der Waals surface area contributed by atoms with E-state index in [1.807, 2.05) is 6.07 Å². The number of nitrogens with one attached hydrogen (secondary N) is 2. The van der Waals surface area contributed by atoms with Gasteiger partial charge in [0.25, 0.3) is 0 Å². The molecule has 1 aliphatic carbocycles. The van der Waals surface area contributed by atoms with Crippen LogP contribution in [-0.2, 0) is 12.0 Å². The predicted molar refractivity (Wildman–Crippen MR) is 114 cm³/mol. The van der Waals surface area contributed by atoms with Crippen molar-refractivity contribution in [2.45, 2.75) is 37.6 Å². The molecule has 0 spiro atoms. The van der Waals surface area contributed by atoms with Crippen molar-refractivity contribution in [3.8, 4) is 0 Å². The van der Waals surface area contributed by atoms with Crippen molar-refractivity contribution in [1.29, 1.82) is 0 Å². The van der Waals surface area contributed by atoms with Gasteiger partial charge in [-0.1, -0.05) is 46.1 Å². The normalized spacial score (nSPS) is 16.3. The minimum atomic E-state index is 0. The second kappa shape index (κ2) is 9.56. The lowest BCUT2D eigenvalue weighted by Gasteiger charge is -2.31. The minimum absolute atomic E-state index is 0. The molecule has 1 fully saturated rings. The van der Waals surface area contributed by atoms with Crippen molar-refractivity contribution in [1.82, 2.24) is 15.8 Å². The maximum Gasteiger partial charge on any atom is 0.191 e. The Morgan fingerprint density at radius 2 is 1.92 bits per heavy atom. The van der Waals surface area contributed by atoms with Gasteiger partial charge in [-0.05, 0) is 30.5 Å². The molecule has 7 heteroatoms. The summed E-state index contributed by atoms with van der Waals surface area (Å²) in [6, 6.07) is 10.6. The van der Waals surface area contributed by atoms with E-state index < -0.39 is 0 Å². The summed E-state index contributed by atoms with van der Waals surface area (Å²) in [7, 11) is 1.79. The highest BCUT2D eigenvalue weighted by molar-refractivity contribution is 14.0. The third kappa shape index (κ3) is 5.20. The molecule has 5 nitrogen and oxygen atoms in total. The van der Waals surface area contributed by atoms with E-state index in [9.17, 15) is 0 Å². The topological polar surface area (TPSA) is 62.5 Å². The van der Waals surface area contributed by atoms with Gasteiger partial charge < -0.3 is 15.2 Å². The largest absolute Gasteiger partial charge is 0.364 e. The summed E-state index contributed by atoms with van der Waals surface area (Å²) in [5.41, 5.74) is 2.45. The standard InChI is InChI=1S/C18H23BrN4O.HI/c1-20-17(21-12-16-8-11-24-23-16)22-13-18(9-2-3-10-18)14-4-6-15(19)7-5-14;/h4-8,11H,2-3,9-10,12-13H2,1H3,(H2,20,21,22);1H. The fourth-order valence-corrected chi connectivity index (χ4v) is 3.66. The Kier molecular flexibility index (Phi) is 7.74. The lowest BCUT2D eigenvalue weighted by atomic mass is 9.79. The van der Waals surface area contributed by atoms with Crippen molar-refractivity contribution < 1.29 is 4.52 Å². The molecule has 0 saturated heterocycles. The predicted octanol–water partition coefficient (Wildman–Crippen LogP) is 4.23. The van der Waals surface area contributed by atoms with Crippen LogP contribution in [0.5, 0.6) is 0 Å². The Hall–Kier alpha value is -1.09. The number of hydrogen-bond acceptors (Lipinski definition) is 3. The minimum Gasteiger partial charge on any atom is -0.364 e. The number of aliphatic imine (C=N–C) groups is 1. The first kappa shape index (κ1) is 20.2. The van der Waals surface area contributed by atoms with Crippen molar-refractivity contribution in [3.63, 3.8) is 0 Å². The molecule has 2 aromatic rings. The van der Waals surface area contributed by atoms with Gasteiger partial charge in [0.15, 0.2) is 5.96 Å². The zero-order valence-electron chi connectivity index (χ0n) is 14.3. The number of guanidine groups is 1. The van der Waals surface area contributed by atoms with Gasteiger partial charge in [-0.15, -0.1) is 24.0 Å². The number of aromatic nitrogens is 1. The molecule has 1 aliphatic rings. The average Bonchev–Trinajstić information content (AvgIpc) is 3.28. The van der Waals surface area contributed by atoms with Gasteiger partial charge in [0.1, 0.15) is 12.0 Å². The van der Waals surface area contributed by atoms with E-state index in [4.69, 9.17) is 4.52 Å². The molecule has 0 atom stereocenters. The van der Waals surface area contributed by atoms with Gasteiger partial charge in [-0.3, -0.25) is 4.99 Å². The van der Waals surface area contributed by atoms with Crippen LogP contribution in [0.4, 0.5) is 0 Å². The highest BCUT2D eigenvalue weighted by Gasteiger charge is 2.35. The molecular formula is C18H24BrIN4O. The number of halogens is 2. The average molecular weight is 519 g/mol. The van der Waals surface area contributed by atoms with Crippen LogP contribution in [-0.4, -0.2) is 24.7 Å². The molecule has 1 aromatic carbocycles. The van der Waals surface area contributed by atoms with Crippen molar-refractivity contribution in [2.24, 2.45) is 4.99 Å². The highest BCUT2D eigenvalue weighted by Crippen LogP contribution is 2.40. The van der Waals surface area contributed by atoms with Gasteiger partial charge >= 0.3 is 0 Å². The van der Waals surface area contributed by atoms with E-state index in [2.05, 4.69) is 61.0 Å². The molecular weight excluding hydrogens is 495 g/mol. The third-order valence-electron chi connectivity index (χ3n) is 4.76. The molecule has 0 bridgehead atoms. The van der Waals surface area contributed by atoms with Crippen molar-refractivity contribution in [3.05, 3.63) is 52.3 Å². The first-order valence-electron chi connectivity index (χ1n) is 8.32. The molecule has 0 unspecified atom stereocenters. The van der Waals surface area contributed by atoms with Crippen LogP contribution < -0.4 is 10.6 Å². The fourth-order valence-electron chi connectivity index (χ4n) is 3.40. The SMILES string of the molecule is CN=C(NCc1ccon1)NCC1(c2ccc(Br)cc2)CCCC1.I. The van der Waals surface area contributed by atoms with E-state index in [1.165, 1.54) is 31.2 Å². The zero-order chi connectivity index (χ0) is 16.8. The Bertz CT molecular complexity index is 667. The summed E-state index contributed by atoms with van der Waals surface area (Å²) in [5.74, 6) is 0.793. The van der Waals surface area contributed by atoms with Crippen molar-refractivity contribution >= 4 is 45.9 Å². The van der Waals surface area contributed by atoms with Crippen LogP contribution in [0, 0.1) is 0 Å². The number of hydrogen-bond donors (Lipinski definition) is 2. The molecule has 0 radical (unpaired) electrons.